The maximum Gasteiger partial charge on any atom is 0.417 e. The van der Waals surface area contributed by atoms with Gasteiger partial charge in [0.05, 0.1) is 22.7 Å². The highest BCUT2D eigenvalue weighted by Gasteiger charge is 2.31. The Bertz CT molecular complexity index is 834. The lowest BCUT2D eigenvalue weighted by Gasteiger charge is -2.09. The van der Waals surface area contributed by atoms with Crippen molar-refractivity contribution in [2.75, 3.05) is 0 Å². The Balaban J connectivity index is 1.89. The number of pyridine rings is 1. The van der Waals surface area contributed by atoms with Gasteiger partial charge in [-0.05, 0) is 17.5 Å². The predicted octanol–water partition coefficient (Wildman–Crippen LogP) is 3.63. The van der Waals surface area contributed by atoms with E-state index in [9.17, 15) is 18.0 Å². The van der Waals surface area contributed by atoms with E-state index in [1.54, 1.807) is 0 Å². The van der Waals surface area contributed by atoms with Crippen molar-refractivity contribution in [1.82, 2.24) is 9.55 Å². The summed E-state index contributed by atoms with van der Waals surface area (Å²) in [6.45, 7) is -0.0857. The van der Waals surface area contributed by atoms with Gasteiger partial charge < -0.3 is 8.98 Å². The molecule has 0 bridgehead atoms. The summed E-state index contributed by atoms with van der Waals surface area (Å²) >= 11 is 1.43. The van der Waals surface area contributed by atoms with Crippen molar-refractivity contribution in [2.45, 2.75) is 12.7 Å². The van der Waals surface area contributed by atoms with Crippen LogP contribution in [0, 0.1) is 0 Å². The molecule has 0 radical (unpaired) electrons. The van der Waals surface area contributed by atoms with Crippen LogP contribution in [0.15, 0.2) is 51.3 Å². The van der Waals surface area contributed by atoms with Crippen molar-refractivity contribution in [2.24, 2.45) is 0 Å². The van der Waals surface area contributed by atoms with E-state index in [-0.39, 0.29) is 6.54 Å². The molecule has 22 heavy (non-hydrogen) atoms. The fourth-order valence-corrected chi connectivity index (χ4v) is 2.55. The third-order valence-electron chi connectivity index (χ3n) is 2.93. The molecular formula is C14H9F3N2O2S. The minimum absolute atomic E-state index is 0.0857. The summed E-state index contributed by atoms with van der Waals surface area (Å²) in [5.74, 6) is 0.380. The number of alkyl halides is 3. The van der Waals surface area contributed by atoms with Crippen LogP contribution in [0.4, 0.5) is 13.2 Å². The largest absolute Gasteiger partial charge is 0.443 e. The molecule has 0 aliphatic heterocycles. The number of nitrogens with zero attached hydrogens (tertiary/aromatic N) is 2. The van der Waals surface area contributed by atoms with Gasteiger partial charge in [0.25, 0.3) is 5.56 Å². The van der Waals surface area contributed by atoms with E-state index < -0.39 is 17.3 Å². The van der Waals surface area contributed by atoms with Crippen LogP contribution in [0.25, 0.3) is 10.8 Å². The first kappa shape index (κ1) is 14.6. The molecule has 114 valence electrons. The van der Waals surface area contributed by atoms with Crippen LogP contribution < -0.4 is 5.56 Å². The molecule has 0 fully saturated rings. The highest BCUT2D eigenvalue weighted by atomic mass is 32.1. The summed E-state index contributed by atoms with van der Waals surface area (Å²) in [5.41, 5.74) is -1.03. The molecule has 0 amide bonds. The first-order valence-corrected chi connectivity index (χ1v) is 7.07. The van der Waals surface area contributed by atoms with E-state index in [4.69, 9.17) is 4.42 Å². The molecule has 0 unspecified atom stereocenters. The molecule has 8 heteroatoms. The molecule has 0 aromatic carbocycles. The number of oxazole rings is 1. The van der Waals surface area contributed by atoms with Crippen molar-refractivity contribution in [3.8, 4) is 10.8 Å². The molecule has 3 heterocycles. The number of halogens is 3. The van der Waals surface area contributed by atoms with Crippen LogP contribution in [0.1, 0.15) is 11.3 Å². The molecule has 3 aromatic rings. The molecule has 0 spiro atoms. The topological polar surface area (TPSA) is 48.0 Å². The molecule has 0 aliphatic carbocycles. The Kier molecular flexibility index (Phi) is 3.61. The first-order chi connectivity index (χ1) is 10.4. The second-order valence-corrected chi connectivity index (χ2v) is 5.45. The summed E-state index contributed by atoms with van der Waals surface area (Å²) in [5, 5.41) is 1.86. The summed E-state index contributed by atoms with van der Waals surface area (Å²) in [7, 11) is 0. The van der Waals surface area contributed by atoms with Crippen molar-refractivity contribution >= 4 is 11.3 Å². The third kappa shape index (κ3) is 2.96. The zero-order valence-electron chi connectivity index (χ0n) is 11.0. The maximum atomic E-state index is 12.7. The lowest BCUT2D eigenvalue weighted by molar-refractivity contribution is -0.138. The van der Waals surface area contributed by atoms with Gasteiger partial charge >= 0.3 is 6.18 Å². The molecule has 4 nitrogen and oxygen atoms in total. The van der Waals surface area contributed by atoms with Gasteiger partial charge in [-0.2, -0.15) is 13.2 Å². The van der Waals surface area contributed by atoms with E-state index >= 15 is 0 Å². The van der Waals surface area contributed by atoms with Crippen molar-refractivity contribution in [3.05, 3.63) is 63.7 Å². The average Bonchev–Trinajstić information content (AvgIpc) is 3.10. The minimum atomic E-state index is -4.50. The lowest BCUT2D eigenvalue weighted by Crippen LogP contribution is -2.22. The fraction of sp³-hybridized carbons (Fsp3) is 0.143. The van der Waals surface area contributed by atoms with Crippen LogP contribution in [0.5, 0.6) is 0 Å². The van der Waals surface area contributed by atoms with Gasteiger partial charge in [0.2, 0.25) is 5.89 Å². The standard InChI is InChI=1S/C14H9F3N2O2S/c15-14(16,17)9-3-4-12(20)19(6-9)7-10-8-21-13(18-10)11-2-1-5-22-11/h1-6,8H,7H2. The zero-order valence-corrected chi connectivity index (χ0v) is 11.8. The van der Waals surface area contributed by atoms with Crippen LogP contribution in [-0.4, -0.2) is 9.55 Å². The Morgan fingerprint density at radius 2 is 2.09 bits per heavy atom. The van der Waals surface area contributed by atoms with Gasteiger partial charge in [0.1, 0.15) is 6.26 Å². The van der Waals surface area contributed by atoms with Gasteiger partial charge in [-0.3, -0.25) is 4.79 Å². The van der Waals surface area contributed by atoms with Crippen LogP contribution in [0.2, 0.25) is 0 Å². The number of thiophene rings is 1. The predicted molar refractivity (Wildman–Crippen MR) is 74.6 cm³/mol. The molecule has 3 aromatic heterocycles. The van der Waals surface area contributed by atoms with Gasteiger partial charge in [-0.15, -0.1) is 11.3 Å². The number of hydrogen-bond donors (Lipinski definition) is 0. The second-order valence-electron chi connectivity index (χ2n) is 4.50. The zero-order chi connectivity index (χ0) is 15.7. The quantitative estimate of drug-likeness (QED) is 0.738. The number of aromatic nitrogens is 2. The summed E-state index contributed by atoms with van der Waals surface area (Å²) in [6.07, 6.45) is -2.38. The van der Waals surface area contributed by atoms with E-state index in [1.165, 1.54) is 17.6 Å². The van der Waals surface area contributed by atoms with Crippen molar-refractivity contribution in [3.63, 3.8) is 0 Å². The monoisotopic (exact) mass is 326 g/mol. The maximum absolute atomic E-state index is 12.7. The van der Waals surface area contributed by atoms with Crippen LogP contribution in [0.3, 0.4) is 0 Å². The van der Waals surface area contributed by atoms with Crippen molar-refractivity contribution in [1.29, 1.82) is 0 Å². The SMILES string of the molecule is O=c1ccc(C(F)(F)F)cn1Cc1coc(-c2cccs2)n1. The molecule has 0 saturated heterocycles. The molecule has 0 N–H and O–H groups in total. The normalized spacial score (nSPS) is 11.8. The van der Waals surface area contributed by atoms with Gasteiger partial charge in [-0.1, -0.05) is 6.07 Å². The molecule has 0 aliphatic rings. The Morgan fingerprint density at radius 1 is 1.27 bits per heavy atom. The van der Waals surface area contributed by atoms with E-state index in [0.717, 1.165) is 27.8 Å². The van der Waals surface area contributed by atoms with Crippen LogP contribution in [-0.2, 0) is 12.7 Å². The lowest BCUT2D eigenvalue weighted by atomic mass is 10.2. The highest BCUT2D eigenvalue weighted by molar-refractivity contribution is 7.13. The van der Waals surface area contributed by atoms with E-state index in [0.29, 0.717) is 11.6 Å². The minimum Gasteiger partial charge on any atom is -0.443 e. The van der Waals surface area contributed by atoms with Gasteiger partial charge in [-0.25, -0.2) is 4.98 Å². The summed E-state index contributed by atoms with van der Waals surface area (Å²) in [6, 6.07) is 5.31. The Hall–Kier alpha value is -2.35. The van der Waals surface area contributed by atoms with E-state index in [1.807, 2.05) is 17.5 Å². The Labute approximate surface area is 126 Å². The van der Waals surface area contributed by atoms with E-state index in [2.05, 4.69) is 4.98 Å². The highest BCUT2D eigenvalue weighted by Crippen LogP contribution is 2.28. The second kappa shape index (κ2) is 5.45. The van der Waals surface area contributed by atoms with Gasteiger partial charge in [0.15, 0.2) is 0 Å². The first-order valence-electron chi connectivity index (χ1n) is 6.19. The van der Waals surface area contributed by atoms with Crippen molar-refractivity contribution < 1.29 is 17.6 Å². The third-order valence-corrected chi connectivity index (χ3v) is 3.78. The molecular weight excluding hydrogens is 317 g/mol. The fourth-order valence-electron chi connectivity index (χ4n) is 1.89. The molecule has 0 saturated carbocycles. The molecule has 0 atom stereocenters. The van der Waals surface area contributed by atoms with Gasteiger partial charge in [0, 0.05) is 12.3 Å². The Morgan fingerprint density at radius 3 is 2.77 bits per heavy atom. The summed E-state index contributed by atoms with van der Waals surface area (Å²) < 4.78 is 44.3. The van der Waals surface area contributed by atoms with Crippen LogP contribution >= 0.6 is 11.3 Å². The average molecular weight is 326 g/mol. The smallest absolute Gasteiger partial charge is 0.417 e. The summed E-state index contributed by atoms with van der Waals surface area (Å²) in [4.78, 5) is 16.7. The number of rotatable bonds is 3. The molecule has 3 rings (SSSR count). The number of hydrogen-bond acceptors (Lipinski definition) is 4.